The van der Waals surface area contributed by atoms with E-state index in [9.17, 15) is 9.90 Å². The Morgan fingerprint density at radius 1 is 1.06 bits per heavy atom. The summed E-state index contributed by atoms with van der Waals surface area (Å²) >= 11 is 0. The number of hydrogen-bond acceptors (Lipinski definition) is 6. The van der Waals surface area contributed by atoms with Crippen molar-refractivity contribution < 1.29 is 24.1 Å². The van der Waals surface area contributed by atoms with Crippen molar-refractivity contribution in [3.8, 4) is 17.2 Å². The van der Waals surface area contributed by atoms with Gasteiger partial charge in [0.05, 0.1) is 26.0 Å². The number of nitrogens with zero attached hydrogens (tertiary/aromatic N) is 2. The predicted molar refractivity (Wildman–Crippen MR) is 128 cm³/mol. The van der Waals surface area contributed by atoms with Gasteiger partial charge in [-0.05, 0) is 54.8 Å². The highest BCUT2D eigenvalue weighted by Gasteiger charge is 2.36. The summed E-state index contributed by atoms with van der Waals surface area (Å²) in [5, 5.41) is 9.94. The maximum atomic E-state index is 12.1. The maximum Gasteiger partial charge on any atom is 0.320 e. The van der Waals surface area contributed by atoms with Crippen LogP contribution < -0.4 is 14.2 Å². The van der Waals surface area contributed by atoms with Crippen LogP contribution in [0.5, 0.6) is 17.2 Å². The number of pyridine rings is 1. The molecule has 1 aromatic heterocycles. The molecule has 2 aromatic carbocycles. The van der Waals surface area contributed by atoms with Crippen LogP contribution in [0.1, 0.15) is 42.1 Å². The van der Waals surface area contributed by atoms with E-state index in [1.165, 1.54) is 0 Å². The molecule has 0 radical (unpaired) electrons. The first-order valence-electron chi connectivity index (χ1n) is 11.4. The van der Waals surface area contributed by atoms with Crippen molar-refractivity contribution >= 4 is 5.97 Å². The van der Waals surface area contributed by atoms with Crippen LogP contribution >= 0.6 is 0 Å². The van der Waals surface area contributed by atoms with Gasteiger partial charge in [0.25, 0.3) is 0 Å². The number of ether oxygens (including phenoxy) is 3. The first-order valence-corrected chi connectivity index (χ1v) is 11.4. The second-order valence-electron chi connectivity index (χ2n) is 8.27. The van der Waals surface area contributed by atoms with Crippen molar-refractivity contribution in [1.29, 1.82) is 0 Å². The van der Waals surface area contributed by atoms with Gasteiger partial charge in [-0.1, -0.05) is 42.8 Å². The summed E-state index contributed by atoms with van der Waals surface area (Å²) in [5.74, 6) is 0.735. The fourth-order valence-electron chi connectivity index (χ4n) is 4.53. The lowest BCUT2D eigenvalue weighted by molar-refractivity contribution is -0.145. The molecule has 1 fully saturated rings. The Balaban J connectivity index is 1.76. The summed E-state index contributed by atoms with van der Waals surface area (Å²) in [5.41, 5.74) is 2.64. The first-order chi connectivity index (χ1) is 16.6. The molecule has 0 aliphatic carbocycles. The summed E-state index contributed by atoms with van der Waals surface area (Å²) in [7, 11) is 3.18. The van der Waals surface area contributed by atoms with Gasteiger partial charge in [-0.2, -0.15) is 0 Å². The zero-order valence-corrected chi connectivity index (χ0v) is 19.5. The van der Waals surface area contributed by atoms with Crippen molar-refractivity contribution in [2.75, 3.05) is 20.8 Å². The number of carboxylic acid groups (broad SMARTS) is 1. The van der Waals surface area contributed by atoms with Crippen LogP contribution in [0.2, 0.25) is 0 Å². The number of benzene rings is 2. The normalized spacial score (nSPS) is 17.1. The van der Waals surface area contributed by atoms with Crippen LogP contribution in [0, 0.1) is 0 Å². The second-order valence-corrected chi connectivity index (χ2v) is 8.27. The molecule has 0 amide bonds. The van der Waals surface area contributed by atoms with Gasteiger partial charge in [0.1, 0.15) is 12.6 Å². The van der Waals surface area contributed by atoms with Gasteiger partial charge in [0, 0.05) is 6.20 Å². The molecule has 3 aromatic rings. The second kappa shape index (κ2) is 11.0. The van der Waals surface area contributed by atoms with E-state index in [4.69, 9.17) is 14.2 Å². The SMILES string of the molecule is COc1cc(C(c2ccccn2)N2CCCCC2C(=O)O)cc(OC)c1OCc1ccccc1. The van der Waals surface area contributed by atoms with Gasteiger partial charge < -0.3 is 19.3 Å². The molecule has 0 spiro atoms. The van der Waals surface area contributed by atoms with Gasteiger partial charge >= 0.3 is 5.97 Å². The minimum absolute atomic E-state index is 0.365. The van der Waals surface area contributed by atoms with Crippen molar-refractivity contribution in [2.45, 2.75) is 38.0 Å². The van der Waals surface area contributed by atoms with Crippen LogP contribution in [0.3, 0.4) is 0 Å². The monoisotopic (exact) mass is 462 g/mol. The summed E-state index contributed by atoms with van der Waals surface area (Å²) in [6.45, 7) is 1.03. The minimum atomic E-state index is -0.817. The third-order valence-electron chi connectivity index (χ3n) is 6.15. The molecule has 0 saturated carbocycles. The standard InChI is InChI=1S/C27H30N2O5/c1-32-23-16-20(17-24(33-2)26(23)34-18-19-10-4-3-5-11-19)25(21-12-6-8-14-28-21)29-15-9-7-13-22(29)27(30)31/h3-6,8,10-12,14,16-17,22,25H,7,9,13,15,18H2,1-2H3,(H,30,31). The van der Waals surface area contributed by atoms with Gasteiger partial charge in [0.15, 0.2) is 11.5 Å². The number of likely N-dealkylation sites (tertiary alicyclic amines) is 1. The molecule has 34 heavy (non-hydrogen) atoms. The Morgan fingerprint density at radius 3 is 2.38 bits per heavy atom. The highest BCUT2D eigenvalue weighted by atomic mass is 16.5. The Hall–Kier alpha value is -3.58. The molecule has 0 bridgehead atoms. The average Bonchev–Trinajstić information content (AvgIpc) is 2.89. The van der Waals surface area contributed by atoms with E-state index in [-0.39, 0.29) is 6.04 Å². The van der Waals surface area contributed by atoms with Crippen molar-refractivity contribution in [1.82, 2.24) is 9.88 Å². The molecule has 4 rings (SSSR count). The molecular formula is C27H30N2O5. The van der Waals surface area contributed by atoms with Crippen molar-refractivity contribution in [3.05, 3.63) is 83.7 Å². The molecule has 1 saturated heterocycles. The van der Waals surface area contributed by atoms with E-state index in [1.807, 2.05) is 65.6 Å². The predicted octanol–water partition coefficient (Wildman–Crippen LogP) is 4.71. The summed E-state index contributed by atoms with van der Waals surface area (Å²) < 4.78 is 17.5. The largest absolute Gasteiger partial charge is 0.493 e. The molecule has 178 valence electrons. The lowest BCUT2D eigenvalue weighted by Gasteiger charge is -2.39. The Bertz CT molecular complexity index is 1070. The number of aliphatic carboxylic acids is 1. The van der Waals surface area contributed by atoms with Crippen molar-refractivity contribution in [2.24, 2.45) is 0 Å². The number of methoxy groups -OCH3 is 2. The number of rotatable bonds is 9. The van der Waals surface area contributed by atoms with Gasteiger partial charge in [-0.25, -0.2) is 0 Å². The molecule has 7 heteroatoms. The van der Waals surface area contributed by atoms with E-state index < -0.39 is 12.0 Å². The van der Waals surface area contributed by atoms with E-state index in [2.05, 4.69) is 4.98 Å². The van der Waals surface area contributed by atoms with Crippen molar-refractivity contribution in [3.63, 3.8) is 0 Å². The topological polar surface area (TPSA) is 81.1 Å². The maximum absolute atomic E-state index is 12.1. The number of hydrogen-bond donors (Lipinski definition) is 1. The third-order valence-corrected chi connectivity index (χ3v) is 6.15. The Morgan fingerprint density at radius 2 is 1.76 bits per heavy atom. The number of piperidine rings is 1. The molecule has 1 aliphatic heterocycles. The molecule has 7 nitrogen and oxygen atoms in total. The highest BCUT2D eigenvalue weighted by Crippen LogP contribution is 2.43. The first kappa shape index (κ1) is 23.6. The Kier molecular flexibility index (Phi) is 7.65. The van der Waals surface area contributed by atoms with Crippen LogP contribution in [0.15, 0.2) is 66.9 Å². The number of carboxylic acids is 1. The summed E-state index contributed by atoms with van der Waals surface area (Å²) in [4.78, 5) is 18.7. The molecular weight excluding hydrogens is 432 g/mol. The number of aromatic nitrogens is 1. The highest BCUT2D eigenvalue weighted by molar-refractivity contribution is 5.73. The molecule has 1 aliphatic rings. The molecule has 2 unspecified atom stereocenters. The van der Waals surface area contributed by atoms with Gasteiger partial charge in [0.2, 0.25) is 5.75 Å². The van der Waals surface area contributed by atoms with Crippen LogP contribution in [0.25, 0.3) is 0 Å². The fourth-order valence-corrected chi connectivity index (χ4v) is 4.53. The molecule has 2 atom stereocenters. The van der Waals surface area contributed by atoms with Crippen LogP contribution in [0.4, 0.5) is 0 Å². The minimum Gasteiger partial charge on any atom is -0.493 e. The van der Waals surface area contributed by atoms with E-state index >= 15 is 0 Å². The fraction of sp³-hybridized carbons (Fsp3) is 0.333. The Labute approximate surface area is 199 Å². The quantitative estimate of drug-likeness (QED) is 0.493. The zero-order chi connectivity index (χ0) is 23.9. The van der Waals surface area contributed by atoms with Crippen LogP contribution in [-0.2, 0) is 11.4 Å². The molecule has 2 heterocycles. The lowest BCUT2D eigenvalue weighted by Crippen LogP contribution is -2.47. The summed E-state index contributed by atoms with van der Waals surface area (Å²) in [6.07, 6.45) is 4.15. The number of carbonyl (C=O) groups is 1. The lowest BCUT2D eigenvalue weighted by atomic mass is 9.93. The smallest absolute Gasteiger partial charge is 0.320 e. The van der Waals surface area contributed by atoms with Gasteiger partial charge in [-0.3, -0.25) is 14.7 Å². The molecule has 1 N–H and O–H groups in total. The van der Waals surface area contributed by atoms with E-state index in [0.717, 1.165) is 29.7 Å². The summed E-state index contributed by atoms with van der Waals surface area (Å²) in [6, 6.07) is 18.4. The average molecular weight is 463 g/mol. The van der Waals surface area contributed by atoms with Crippen LogP contribution in [-0.4, -0.2) is 47.8 Å². The zero-order valence-electron chi connectivity index (χ0n) is 19.5. The van der Waals surface area contributed by atoms with E-state index in [0.29, 0.717) is 36.8 Å². The van der Waals surface area contributed by atoms with Gasteiger partial charge in [-0.15, -0.1) is 0 Å². The van der Waals surface area contributed by atoms with E-state index in [1.54, 1.807) is 20.4 Å². The third kappa shape index (κ3) is 5.15.